The third-order valence-corrected chi connectivity index (χ3v) is 8.28. The highest BCUT2D eigenvalue weighted by atomic mass is 32.2. The third-order valence-electron chi connectivity index (χ3n) is 5.62. The van der Waals surface area contributed by atoms with Crippen LogP contribution in [0.4, 0.5) is 0 Å². The van der Waals surface area contributed by atoms with Gasteiger partial charge in [-0.3, -0.25) is 9.59 Å². The quantitative estimate of drug-likeness (QED) is 0.679. The van der Waals surface area contributed by atoms with Gasteiger partial charge in [0.05, 0.1) is 22.8 Å². The second-order valence-corrected chi connectivity index (χ2v) is 10.8. The predicted octanol–water partition coefficient (Wildman–Crippen LogP) is 2.44. The van der Waals surface area contributed by atoms with E-state index in [1.54, 1.807) is 17.0 Å². The fourth-order valence-electron chi connectivity index (χ4n) is 3.77. The minimum Gasteiger partial charge on any atom is -0.342 e. The number of carbonyl (C=O) groups is 2. The second-order valence-electron chi connectivity index (χ2n) is 7.53. The molecular formula is C20H28N2O4S2. The Bertz CT molecular complexity index is 805. The van der Waals surface area contributed by atoms with Crippen LogP contribution < -0.4 is 0 Å². The number of nitrogens with zero attached hydrogens (tertiary/aromatic N) is 2. The molecule has 1 aromatic carbocycles. The first-order valence-corrected chi connectivity index (χ1v) is 12.7. The Kier molecular flexibility index (Phi) is 7.04. The van der Waals surface area contributed by atoms with Gasteiger partial charge in [-0.25, -0.2) is 8.42 Å². The van der Waals surface area contributed by atoms with Gasteiger partial charge in [-0.15, -0.1) is 11.8 Å². The van der Waals surface area contributed by atoms with Crippen LogP contribution in [0.25, 0.3) is 0 Å². The molecule has 0 radical (unpaired) electrons. The van der Waals surface area contributed by atoms with Crippen molar-refractivity contribution in [1.29, 1.82) is 0 Å². The first-order valence-electron chi connectivity index (χ1n) is 9.84. The molecule has 1 aliphatic heterocycles. The number of benzene rings is 1. The van der Waals surface area contributed by atoms with Gasteiger partial charge in [0.15, 0.2) is 9.84 Å². The lowest BCUT2D eigenvalue weighted by molar-refractivity contribution is -0.129. The zero-order chi connectivity index (χ0) is 20.1. The Morgan fingerprint density at radius 1 is 1.11 bits per heavy atom. The van der Waals surface area contributed by atoms with Crippen LogP contribution in [0, 0.1) is 0 Å². The molecule has 1 saturated heterocycles. The normalized spacial score (nSPS) is 20.0. The predicted molar refractivity (Wildman–Crippen MR) is 111 cm³/mol. The molecule has 0 unspecified atom stereocenters. The van der Waals surface area contributed by atoms with Gasteiger partial charge < -0.3 is 9.80 Å². The van der Waals surface area contributed by atoms with Gasteiger partial charge in [0, 0.05) is 31.1 Å². The first-order chi connectivity index (χ1) is 13.4. The molecule has 1 aromatic rings. The lowest BCUT2D eigenvalue weighted by Crippen LogP contribution is -2.43. The van der Waals surface area contributed by atoms with Gasteiger partial charge in [0.2, 0.25) is 5.91 Å². The molecule has 1 heterocycles. The molecule has 1 saturated carbocycles. The van der Waals surface area contributed by atoms with Gasteiger partial charge >= 0.3 is 0 Å². The van der Waals surface area contributed by atoms with E-state index < -0.39 is 9.84 Å². The molecule has 0 atom stereocenters. The van der Waals surface area contributed by atoms with Gasteiger partial charge in [0.25, 0.3) is 5.91 Å². The van der Waals surface area contributed by atoms with Crippen LogP contribution >= 0.6 is 11.8 Å². The van der Waals surface area contributed by atoms with E-state index in [0.717, 1.165) is 17.7 Å². The van der Waals surface area contributed by atoms with E-state index in [1.165, 1.54) is 31.0 Å². The van der Waals surface area contributed by atoms with E-state index in [9.17, 15) is 18.0 Å². The zero-order valence-corrected chi connectivity index (χ0v) is 17.9. The molecule has 0 spiro atoms. The summed E-state index contributed by atoms with van der Waals surface area (Å²) in [5.41, 5.74) is 0.542. The van der Waals surface area contributed by atoms with E-state index in [2.05, 4.69) is 0 Å². The fraction of sp³-hybridized carbons (Fsp3) is 0.600. The number of rotatable bonds is 5. The van der Waals surface area contributed by atoms with Crippen molar-refractivity contribution >= 4 is 33.4 Å². The Morgan fingerprint density at radius 2 is 1.75 bits per heavy atom. The molecule has 154 valence electrons. The Labute approximate surface area is 171 Å². The topological polar surface area (TPSA) is 74.8 Å². The minimum atomic E-state index is -3.03. The first kappa shape index (κ1) is 21.2. The average molecular weight is 425 g/mol. The van der Waals surface area contributed by atoms with Crippen molar-refractivity contribution in [3.63, 3.8) is 0 Å². The maximum absolute atomic E-state index is 12.9. The van der Waals surface area contributed by atoms with Gasteiger partial charge in [-0.1, -0.05) is 31.4 Å². The Balaban J connectivity index is 1.62. The van der Waals surface area contributed by atoms with Gasteiger partial charge in [-0.2, -0.15) is 0 Å². The van der Waals surface area contributed by atoms with Gasteiger partial charge in [-0.05, 0) is 25.0 Å². The highest BCUT2D eigenvalue weighted by molar-refractivity contribution is 8.00. The van der Waals surface area contributed by atoms with Crippen LogP contribution in [-0.2, 0) is 14.6 Å². The van der Waals surface area contributed by atoms with Crippen LogP contribution in [0.3, 0.4) is 0 Å². The highest BCUT2D eigenvalue weighted by Gasteiger charge is 2.27. The summed E-state index contributed by atoms with van der Waals surface area (Å²) < 4.78 is 23.2. The standard InChI is InChI=1S/C20H28N2O4S2/c1-21(16-7-3-2-4-8-16)19(23)15-27-18-10-6-5-9-17(18)20(24)22-11-13-28(25,26)14-12-22/h5-6,9-10,16H,2-4,7-8,11-15H2,1H3. The van der Waals surface area contributed by atoms with Crippen LogP contribution in [0.5, 0.6) is 0 Å². The summed E-state index contributed by atoms with van der Waals surface area (Å²) in [5.74, 6) is 0.248. The van der Waals surface area contributed by atoms with E-state index in [-0.39, 0.29) is 36.4 Å². The molecule has 3 rings (SSSR count). The maximum Gasteiger partial charge on any atom is 0.255 e. The largest absolute Gasteiger partial charge is 0.342 e. The van der Waals surface area contributed by atoms with Crippen LogP contribution in [0.15, 0.2) is 29.2 Å². The van der Waals surface area contributed by atoms with Crippen LogP contribution in [0.2, 0.25) is 0 Å². The van der Waals surface area contributed by atoms with E-state index in [0.29, 0.717) is 17.4 Å². The molecule has 8 heteroatoms. The van der Waals surface area contributed by atoms with Gasteiger partial charge in [0.1, 0.15) is 0 Å². The number of amides is 2. The molecule has 0 bridgehead atoms. The second kappa shape index (κ2) is 9.31. The summed E-state index contributed by atoms with van der Waals surface area (Å²) >= 11 is 1.38. The molecule has 2 amide bonds. The molecule has 0 N–H and O–H groups in total. The summed E-state index contributed by atoms with van der Waals surface area (Å²) in [6.07, 6.45) is 5.75. The van der Waals surface area contributed by atoms with Crippen molar-refractivity contribution < 1.29 is 18.0 Å². The Morgan fingerprint density at radius 3 is 2.43 bits per heavy atom. The third kappa shape index (κ3) is 5.29. The Hall–Kier alpha value is -1.54. The molecule has 2 fully saturated rings. The highest BCUT2D eigenvalue weighted by Crippen LogP contribution is 2.26. The number of sulfone groups is 1. The summed E-state index contributed by atoms with van der Waals surface area (Å²) in [5, 5.41) is 0. The van der Waals surface area contributed by atoms with Crippen molar-refractivity contribution in [3.05, 3.63) is 29.8 Å². The van der Waals surface area contributed by atoms with E-state index >= 15 is 0 Å². The lowest BCUT2D eigenvalue weighted by atomic mass is 9.94. The number of thioether (sulfide) groups is 1. The number of hydrogen-bond acceptors (Lipinski definition) is 5. The molecule has 28 heavy (non-hydrogen) atoms. The monoisotopic (exact) mass is 424 g/mol. The average Bonchev–Trinajstić information content (AvgIpc) is 2.72. The molecule has 2 aliphatic rings. The van der Waals surface area contributed by atoms with E-state index in [4.69, 9.17) is 0 Å². The lowest BCUT2D eigenvalue weighted by Gasteiger charge is -2.31. The van der Waals surface area contributed by atoms with Crippen molar-refractivity contribution in [2.75, 3.05) is 37.4 Å². The smallest absolute Gasteiger partial charge is 0.255 e. The summed E-state index contributed by atoms with van der Waals surface area (Å²) in [7, 11) is -1.15. The van der Waals surface area contributed by atoms with Crippen molar-refractivity contribution in [3.8, 4) is 0 Å². The zero-order valence-electron chi connectivity index (χ0n) is 16.3. The molecule has 0 aromatic heterocycles. The van der Waals surface area contributed by atoms with Crippen molar-refractivity contribution in [1.82, 2.24) is 9.80 Å². The summed E-state index contributed by atoms with van der Waals surface area (Å²) in [6, 6.07) is 7.59. The van der Waals surface area contributed by atoms with Crippen molar-refractivity contribution in [2.24, 2.45) is 0 Å². The number of carbonyl (C=O) groups excluding carboxylic acids is 2. The minimum absolute atomic E-state index is 0.0126. The van der Waals surface area contributed by atoms with E-state index in [1.807, 2.05) is 24.1 Å². The molecule has 1 aliphatic carbocycles. The fourth-order valence-corrected chi connectivity index (χ4v) is 5.94. The van der Waals surface area contributed by atoms with Crippen molar-refractivity contribution in [2.45, 2.75) is 43.0 Å². The summed E-state index contributed by atoms with van der Waals surface area (Å²) in [4.78, 5) is 29.7. The van der Waals surface area contributed by atoms with Crippen LogP contribution in [0.1, 0.15) is 42.5 Å². The van der Waals surface area contributed by atoms with Crippen LogP contribution in [-0.4, -0.2) is 73.5 Å². The SMILES string of the molecule is CN(C(=O)CSc1ccccc1C(=O)N1CCS(=O)(=O)CC1)C1CCCCC1. The number of hydrogen-bond donors (Lipinski definition) is 0. The summed E-state index contributed by atoms with van der Waals surface area (Å²) in [6.45, 7) is 0.451. The molecule has 6 nitrogen and oxygen atoms in total. The maximum atomic E-state index is 12.9. The molecular weight excluding hydrogens is 396 g/mol.